The summed E-state index contributed by atoms with van der Waals surface area (Å²) in [7, 11) is -3.44. The minimum Gasteiger partial charge on any atom is -0.472 e. The third-order valence-electron chi connectivity index (χ3n) is 2.50. The lowest BCUT2D eigenvalue weighted by atomic mass is 10.4. The third-order valence-corrected chi connectivity index (χ3v) is 5.48. The Bertz CT molecular complexity index is 603. The highest BCUT2D eigenvalue weighted by Crippen LogP contribution is 2.21. The molecular formula is C12H16N2O3S2. The van der Waals surface area contributed by atoms with Gasteiger partial charge in [-0.1, -0.05) is 6.92 Å². The largest absolute Gasteiger partial charge is 0.472 e. The molecule has 0 aliphatic carbocycles. The maximum Gasteiger partial charge on any atom is 0.250 e. The number of sulfonamides is 1. The summed E-state index contributed by atoms with van der Waals surface area (Å²) in [5.41, 5.74) is 0.799. The minimum atomic E-state index is -3.44. The van der Waals surface area contributed by atoms with Crippen LogP contribution in [0.25, 0.3) is 0 Å². The third kappa shape index (κ3) is 3.90. The molecule has 2 aromatic heterocycles. The molecular weight excluding hydrogens is 284 g/mol. The molecule has 0 aromatic carbocycles. The van der Waals surface area contributed by atoms with E-state index in [0.29, 0.717) is 10.8 Å². The Morgan fingerprint density at radius 3 is 2.79 bits per heavy atom. The van der Waals surface area contributed by atoms with Crippen LogP contribution in [-0.2, 0) is 23.1 Å². The van der Waals surface area contributed by atoms with Gasteiger partial charge in [0.05, 0.1) is 12.5 Å². The molecule has 0 fully saturated rings. The summed E-state index contributed by atoms with van der Waals surface area (Å²) in [6.07, 6.45) is 3.04. The molecule has 7 heteroatoms. The van der Waals surface area contributed by atoms with Crippen LogP contribution < -0.4 is 10.0 Å². The van der Waals surface area contributed by atoms with Gasteiger partial charge in [0.25, 0.3) is 0 Å². The lowest BCUT2D eigenvalue weighted by molar-refractivity contribution is 0.561. The first-order chi connectivity index (χ1) is 9.12. The van der Waals surface area contributed by atoms with E-state index in [2.05, 4.69) is 10.0 Å². The van der Waals surface area contributed by atoms with Crippen molar-refractivity contribution >= 4 is 21.4 Å². The van der Waals surface area contributed by atoms with Gasteiger partial charge >= 0.3 is 0 Å². The molecule has 0 bridgehead atoms. The van der Waals surface area contributed by atoms with Gasteiger partial charge in [-0.15, -0.1) is 11.3 Å². The van der Waals surface area contributed by atoms with E-state index in [4.69, 9.17) is 4.42 Å². The van der Waals surface area contributed by atoms with Crippen LogP contribution in [0.1, 0.15) is 17.4 Å². The molecule has 0 unspecified atom stereocenters. The average Bonchev–Trinajstić information content (AvgIpc) is 3.05. The lowest BCUT2D eigenvalue weighted by Crippen LogP contribution is -2.22. The van der Waals surface area contributed by atoms with Crippen LogP contribution in [0.15, 0.2) is 39.4 Å². The first-order valence-electron chi connectivity index (χ1n) is 5.92. The van der Waals surface area contributed by atoms with E-state index in [1.165, 1.54) is 23.9 Å². The smallest absolute Gasteiger partial charge is 0.250 e. The van der Waals surface area contributed by atoms with E-state index in [1.54, 1.807) is 12.1 Å². The molecule has 5 nitrogen and oxygen atoms in total. The highest BCUT2D eigenvalue weighted by Gasteiger charge is 2.16. The van der Waals surface area contributed by atoms with E-state index >= 15 is 0 Å². The average molecular weight is 300 g/mol. The molecule has 0 spiro atoms. The summed E-state index contributed by atoms with van der Waals surface area (Å²) in [6, 6.07) is 5.20. The Balaban J connectivity index is 2.00. The van der Waals surface area contributed by atoms with Gasteiger partial charge in [-0.3, -0.25) is 0 Å². The van der Waals surface area contributed by atoms with Crippen LogP contribution in [0, 0.1) is 0 Å². The van der Waals surface area contributed by atoms with E-state index < -0.39 is 10.0 Å². The van der Waals surface area contributed by atoms with Crippen molar-refractivity contribution in [1.29, 1.82) is 0 Å². The van der Waals surface area contributed by atoms with Crippen molar-refractivity contribution in [2.45, 2.75) is 24.2 Å². The van der Waals surface area contributed by atoms with Gasteiger partial charge in [-0.2, -0.15) is 0 Å². The Labute approximate surface area is 116 Å². The fourth-order valence-electron chi connectivity index (χ4n) is 1.49. The van der Waals surface area contributed by atoms with Crippen LogP contribution in [0.3, 0.4) is 0 Å². The zero-order valence-corrected chi connectivity index (χ0v) is 12.2. The Morgan fingerprint density at radius 1 is 1.26 bits per heavy atom. The maximum atomic E-state index is 12.1. The predicted molar refractivity (Wildman–Crippen MR) is 74.4 cm³/mol. The van der Waals surface area contributed by atoms with Crippen LogP contribution in [0.4, 0.5) is 0 Å². The summed E-state index contributed by atoms with van der Waals surface area (Å²) >= 11 is 1.28. The van der Waals surface area contributed by atoms with Gasteiger partial charge in [0, 0.05) is 23.5 Å². The van der Waals surface area contributed by atoms with Crippen molar-refractivity contribution in [1.82, 2.24) is 10.0 Å². The minimum absolute atomic E-state index is 0.235. The molecule has 19 heavy (non-hydrogen) atoms. The molecule has 0 atom stereocenters. The molecule has 2 rings (SSSR count). The van der Waals surface area contributed by atoms with Crippen LogP contribution in [0.5, 0.6) is 0 Å². The number of rotatable bonds is 7. The SMILES string of the molecule is CCNCc1ccc(S(=O)(=O)NCc2ccoc2)s1. The second-order valence-corrected chi connectivity index (χ2v) is 7.12. The summed E-state index contributed by atoms with van der Waals surface area (Å²) in [6.45, 7) is 3.80. The Morgan fingerprint density at radius 2 is 2.11 bits per heavy atom. The van der Waals surface area contributed by atoms with Gasteiger partial charge in [0.2, 0.25) is 10.0 Å². The van der Waals surface area contributed by atoms with E-state index in [0.717, 1.165) is 17.0 Å². The normalized spacial score (nSPS) is 11.8. The molecule has 104 valence electrons. The van der Waals surface area contributed by atoms with E-state index in [-0.39, 0.29) is 6.54 Å². The fourth-order valence-corrected chi connectivity index (χ4v) is 3.88. The van der Waals surface area contributed by atoms with Crippen LogP contribution in [-0.4, -0.2) is 15.0 Å². The molecule has 0 radical (unpaired) electrons. The molecule has 0 saturated heterocycles. The molecule has 2 heterocycles. The standard InChI is InChI=1S/C12H16N2O3S2/c1-2-13-8-11-3-4-12(18-11)19(15,16)14-7-10-5-6-17-9-10/h3-6,9,13-14H,2,7-8H2,1H3. The number of furan rings is 1. The van der Waals surface area contributed by atoms with Crippen molar-refractivity contribution in [3.05, 3.63) is 41.2 Å². The molecule has 2 N–H and O–H groups in total. The van der Waals surface area contributed by atoms with Crippen LogP contribution >= 0.6 is 11.3 Å². The predicted octanol–water partition coefficient (Wildman–Crippen LogP) is 1.93. The highest BCUT2D eigenvalue weighted by atomic mass is 32.2. The van der Waals surface area contributed by atoms with E-state index in [1.807, 2.05) is 13.0 Å². The summed E-state index contributed by atoms with van der Waals surface area (Å²) in [5.74, 6) is 0. The zero-order chi connectivity index (χ0) is 13.7. The second kappa shape index (κ2) is 6.33. The molecule has 0 aliphatic rings. The lowest BCUT2D eigenvalue weighted by Gasteiger charge is -2.02. The summed E-state index contributed by atoms with van der Waals surface area (Å²) < 4.78 is 31.9. The van der Waals surface area contributed by atoms with Crippen molar-refractivity contribution < 1.29 is 12.8 Å². The summed E-state index contributed by atoms with van der Waals surface area (Å²) in [4.78, 5) is 1.01. The number of hydrogen-bond acceptors (Lipinski definition) is 5. The van der Waals surface area contributed by atoms with Crippen molar-refractivity contribution in [3.8, 4) is 0 Å². The number of nitrogens with one attached hydrogen (secondary N) is 2. The Kier molecular flexibility index (Phi) is 4.76. The van der Waals surface area contributed by atoms with Gasteiger partial charge in [-0.25, -0.2) is 13.1 Å². The second-order valence-electron chi connectivity index (χ2n) is 3.96. The highest BCUT2D eigenvalue weighted by molar-refractivity contribution is 7.91. The first kappa shape index (κ1) is 14.3. The van der Waals surface area contributed by atoms with Crippen LogP contribution in [0.2, 0.25) is 0 Å². The monoisotopic (exact) mass is 300 g/mol. The van der Waals surface area contributed by atoms with E-state index in [9.17, 15) is 8.42 Å². The van der Waals surface area contributed by atoms with Crippen molar-refractivity contribution in [3.63, 3.8) is 0 Å². The molecule has 0 amide bonds. The van der Waals surface area contributed by atoms with Gasteiger partial charge in [-0.05, 0) is 24.7 Å². The number of thiophene rings is 1. The topological polar surface area (TPSA) is 71.3 Å². The molecule has 2 aromatic rings. The van der Waals surface area contributed by atoms with Crippen molar-refractivity contribution in [2.75, 3.05) is 6.54 Å². The van der Waals surface area contributed by atoms with Gasteiger partial charge < -0.3 is 9.73 Å². The fraction of sp³-hybridized carbons (Fsp3) is 0.333. The zero-order valence-electron chi connectivity index (χ0n) is 10.5. The molecule has 0 aliphatic heterocycles. The Hall–Kier alpha value is -1.15. The van der Waals surface area contributed by atoms with Gasteiger partial charge in [0.1, 0.15) is 4.21 Å². The molecule has 0 saturated carbocycles. The first-order valence-corrected chi connectivity index (χ1v) is 8.22. The maximum absolute atomic E-state index is 12.1. The summed E-state index contributed by atoms with van der Waals surface area (Å²) in [5, 5.41) is 3.17. The van der Waals surface area contributed by atoms with Crippen molar-refractivity contribution in [2.24, 2.45) is 0 Å². The quantitative estimate of drug-likeness (QED) is 0.819. The van der Waals surface area contributed by atoms with Gasteiger partial charge in [0.15, 0.2) is 0 Å². The number of hydrogen-bond donors (Lipinski definition) is 2.